The van der Waals surface area contributed by atoms with Gasteiger partial charge in [-0.15, -0.1) is 0 Å². The minimum Gasteiger partial charge on any atom is -0.313 e. The Labute approximate surface area is 119 Å². The van der Waals surface area contributed by atoms with Gasteiger partial charge in [0.05, 0.1) is 0 Å². The van der Waals surface area contributed by atoms with E-state index in [0.29, 0.717) is 0 Å². The minimum atomic E-state index is 0.960. The summed E-state index contributed by atoms with van der Waals surface area (Å²) < 4.78 is 1.20. The lowest BCUT2D eigenvalue weighted by atomic mass is 10.1. The SMILES string of the molecule is Brc1ccccc1CNCCCN1CCCCC1. The van der Waals surface area contributed by atoms with Crippen molar-refractivity contribution in [3.63, 3.8) is 0 Å². The summed E-state index contributed by atoms with van der Waals surface area (Å²) in [5.41, 5.74) is 1.34. The molecule has 2 rings (SSSR count). The lowest BCUT2D eigenvalue weighted by molar-refractivity contribution is 0.225. The van der Waals surface area contributed by atoms with Crippen LogP contribution in [0.25, 0.3) is 0 Å². The maximum atomic E-state index is 3.58. The second kappa shape index (κ2) is 7.93. The zero-order valence-electron chi connectivity index (χ0n) is 11.0. The maximum absolute atomic E-state index is 3.58. The highest BCUT2D eigenvalue weighted by atomic mass is 79.9. The van der Waals surface area contributed by atoms with Crippen molar-refractivity contribution < 1.29 is 0 Å². The van der Waals surface area contributed by atoms with E-state index < -0.39 is 0 Å². The van der Waals surface area contributed by atoms with Crippen LogP contribution in [-0.2, 0) is 6.54 Å². The zero-order chi connectivity index (χ0) is 12.6. The molecule has 1 fully saturated rings. The smallest absolute Gasteiger partial charge is 0.0220 e. The molecule has 1 saturated heterocycles. The number of hydrogen-bond acceptors (Lipinski definition) is 2. The second-order valence-corrected chi connectivity index (χ2v) is 5.88. The van der Waals surface area contributed by atoms with Crippen LogP contribution in [-0.4, -0.2) is 31.1 Å². The Balaban J connectivity index is 1.57. The van der Waals surface area contributed by atoms with Crippen molar-refractivity contribution in [2.45, 2.75) is 32.2 Å². The molecule has 3 heteroatoms. The highest BCUT2D eigenvalue weighted by Crippen LogP contribution is 2.15. The van der Waals surface area contributed by atoms with E-state index in [1.807, 2.05) is 0 Å². The summed E-state index contributed by atoms with van der Waals surface area (Å²) in [4.78, 5) is 2.60. The summed E-state index contributed by atoms with van der Waals surface area (Å²) in [7, 11) is 0. The predicted molar refractivity (Wildman–Crippen MR) is 80.8 cm³/mol. The molecule has 18 heavy (non-hydrogen) atoms. The lowest BCUT2D eigenvalue weighted by Crippen LogP contribution is -2.32. The summed E-state index contributed by atoms with van der Waals surface area (Å²) in [6, 6.07) is 8.42. The van der Waals surface area contributed by atoms with E-state index >= 15 is 0 Å². The van der Waals surface area contributed by atoms with Crippen LogP contribution in [0.1, 0.15) is 31.2 Å². The van der Waals surface area contributed by atoms with Gasteiger partial charge in [0.15, 0.2) is 0 Å². The van der Waals surface area contributed by atoms with Gasteiger partial charge in [-0.25, -0.2) is 0 Å². The first-order valence-corrected chi connectivity index (χ1v) is 7.82. The first-order chi connectivity index (χ1) is 8.86. The highest BCUT2D eigenvalue weighted by molar-refractivity contribution is 9.10. The van der Waals surface area contributed by atoms with E-state index in [4.69, 9.17) is 0 Å². The van der Waals surface area contributed by atoms with Gasteiger partial charge in [0.2, 0.25) is 0 Å². The van der Waals surface area contributed by atoms with Gasteiger partial charge in [0, 0.05) is 11.0 Å². The molecule has 1 aromatic rings. The topological polar surface area (TPSA) is 15.3 Å². The van der Waals surface area contributed by atoms with Crippen molar-refractivity contribution in [1.29, 1.82) is 0 Å². The van der Waals surface area contributed by atoms with Crippen molar-refractivity contribution in [1.82, 2.24) is 10.2 Å². The minimum absolute atomic E-state index is 0.960. The van der Waals surface area contributed by atoms with E-state index in [1.165, 1.54) is 55.4 Å². The molecule has 0 amide bonds. The summed E-state index contributed by atoms with van der Waals surface area (Å²) in [5.74, 6) is 0. The summed E-state index contributed by atoms with van der Waals surface area (Å²) in [5, 5.41) is 3.53. The number of hydrogen-bond donors (Lipinski definition) is 1. The molecule has 0 radical (unpaired) electrons. The van der Waals surface area contributed by atoms with Crippen molar-refractivity contribution in [3.8, 4) is 0 Å². The van der Waals surface area contributed by atoms with Gasteiger partial charge in [-0.1, -0.05) is 40.5 Å². The molecule has 1 N–H and O–H groups in total. The molecule has 0 aliphatic carbocycles. The lowest BCUT2D eigenvalue weighted by Gasteiger charge is -2.26. The second-order valence-electron chi connectivity index (χ2n) is 5.02. The molecule has 0 aromatic heterocycles. The van der Waals surface area contributed by atoms with E-state index in [2.05, 4.69) is 50.4 Å². The largest absolute Gasteiger partial charge is 0.313 e. The van der Waals surface area contributed by atoms with Crippen LogP contribution < -0.4 is 5.32 Å². The highest BCUT2D eigenvalue weighted by Gasteiger charge is 2.08. The van der Waals surface area contributed by atoms with Crippen molar-refractivity contribution in [2.24, 2.45) is 0 Å². The van der Waals surface area contributed by atoms with Gasteiger partial charge in [0.25, 0.3) is 0 Å². The van der Waals surface area contributed by atoms with Crippen LogP contribution in [0.15, 0.2) is 28.7 Å². The monoisotopic (exact) mass is 310 g/mol. The van der Waals surface area contributed by atoms with Gasteiger partial charge in [-0.3, -0.25) is 0 Å². The van der Waals surface area contributed by atoms with E-state index in [1.54, 1.807) is 0 Å². The average Bonchev–Trinajstić information content (AvgIpc) is 2.42. The van der Waals surface area contributed by atoms with Crippen LogP contribution >= 0.6 is 15.9 Å². The van der Waals surface area contributed by atoms with Gasteiger partial charge in [-0.05, 0) is 57.1 Å². The third-order valence-electron chi connectivity index (χ3n) is 3.55. The quantitative estimate of drug-likeness (QED) is 0.810. The first-order valence-electron chi connectivity index (χ1n) is 7.03. The summed E-state index contributed by atoms with van der Waals surface area (Å²) in [6.45, 7) is 5.94. The third-order valence-corrected chi connectivity index (χ3v) is 4.32. The average molecular weight is 311 g/mol. The fourth-order valence-corrected chi connectivity index (χ4v) is 2.90. The van der Waals surface area contributed by atoms with Crippen LogP contribution in [0.3, 0.4) is 0 Å². The Hall–Kier alpha value is -0.380. The Morgan fingerprint density at radius 3 is 2.67 bits per heavy atom. The van der Waals surface area contributed by atoms with Crippen molar-refractivity contribution in [3.05, 3.63) is 34.3 Å². The van der Waals surface area contributed by atoms with Gasteiger partial charge < -0.3 is 10.2 Å². The molecule has 2 nitrogen and oxygen atoms in total. The van der Waals surface area contributed by atoms with Crippen LogP contribution in [0, 0.1) is 0 Å². The number of likely N-dealkylation sites (tertiary alicyclic amines) is 1. The molecular weight excluding hydrogens is 288 g/mol. The fraction of sp³-hybridized carbons (Fsp3) is 0.600. The maximum Gasteiger partial charge on any atom is 0.0220 e. The number of benzene rings is 1. The number of nitrogens with one attached hydrogen (secondary N) is 1. The van der Waals surface area contributed by atoms with Crippen molar-refractivity contribution >= 4 is 15.9 Å². The Morgan fingerprint density at radius 2 is 1.89 bits per heavy atom. The molecule has 1 aliphatic rings. The number of nitrogens with zero attached hydrogens (tertiary/aromatic N) is 1. The fourth-order valence-electron chi connectivity index (χ4n) is 2.48. The number of piperidine rings is 1. The molecule has 1 heterocycles. The van der Waals surface area contributed by atoms with E-state index in [9.17, 15) is 0 Å². The Morgan fingerprint density at radius 1 is 1.11 bits per heavy atom. The molecule has 100 valence electrons. The van der Waals surface area contributed by atoms with Gasteiger partial charge in [0.1, 0.15) is 0 Å². The van der Waals surface area contributed by atoms with Crippen LogP contribution in [0.5, 0.6) is 0 Å². The molecular formula is C15H23BrN2. The molecule has 1 aromatic carbocycles. The molecule has 1 aliphatic heterocycles. The normalized spacial score (nSPS) is 16.9. The number of halogens is 1. The van der Waals surface area contributed by atoms with Crippen LogP contribution in [0.2, 0.25) is 0 Å². The third kappa shape index (κ3) is 4.71. The molecule has 0 unspecified atom stereocenters. The molecule has 0 bridgehead atoms. The van der Waals surface area contributed by atoms with Gasteiger partial charge >= 0.3 is 0 Å². The van der Waals surface area contributed by atoms with Crippen LogP contribution in [0.4, 0.5) is 0 Å². The van der Waals surface area contributed by atoms with E-state index in [-0.39, 0.29) is 0 Å². The summed E-state index contributed by atoms with van der Waals surface area (Å²) >= 11 is 3.58. The summed E-state index contributed by atoms with van der Waals surface area (Å²) in [6.07, 6.45) is 5.47. The zero-order valence-corrected chi connectivity index (χ0v) is 12.6. The molecule has 0 atom stereocenters. The van der Waals surface area contributed by atoms with E-state index in [0.717, 1.165) is 13.1 Å². The van der Waals surface area contributed by atoms with Crippen molar-refractivity contribution in [2.75, 3.05) is 26.2 Å². The Bertz CT molecular complexity index is 348. The molecule has 0 saturated carbocycles. The Kier molecular flexibility index (Phi) is 6.18. The first kappa shape index (κ1) is 14.0. The number of rotatable bonds is 6. The predicted octanol–water partition coefficient (Wildman–Crippen LogP) is 3.41. The molecule has 0 spiro atoms. The van der Waals surface area contributed by atoms with Gasteiger partial charge in [-0.2, -0.15) is 0 Å². The standard InChI is InChI=1S/C15H23BrN2/c16-15-8-3-2-7-14(15)13-17-9-6-12-18-10-4-1-5-11-18/h2-3,7-8,17H,1,4-6,9-13H2.